The minimum Gasteiger partial charge on any atom is -0.494 e. The van der Waals surface area contributed by atoms with E-state index in [1.165, 1.54) is 57.5 Å². The average molecular weight is 682 g/mol. The average Bonchev–Trinajstić information content (AvgIpc) is 3.11. The highest BCUT2D eigenvalue weighted by atomic mass is 16.5. The molecule has 0 bridgehead atoms. The summed E-state index contributed by atoms with van der Waals surface area (Å²) in [6.45, 7) is 8.88. The second-order valence-corrected chi connectivity index (χ2v) is 15.5. The van der Waals surface area contributed by atoms with Gasteiger partial charge in [-0.3, -0.25) is 14.7 Å². The molecule has 3 aromatic rings. The fourth-order valence-electron chi connectivity index (χ4n) is 8.80. The molecule has 1 aromatic carbocycles. The predicted molar refractivity (Wildman–Crippen MR) is 195 cm³/mol. The van der Waals surface area contributed by atoms with Crippen molar-refractivity contribution in [3.63, 3.8) is 0 Å². The molecule has 8 rings (SSSR count). The number of carbonyl (C=O) groups excluding carboxylic acids is 1. The molecule has 2 spiro atoms. The number of likely N-dealkylation sites (tertiary alicyclic amines) is 2. The molecule has 266 valence electrons. The smallest absolute Gasteiger partial charge is 0.271 e. The van der Waals surface area contributed by atoms with E-state index in [1.54, 1.807) is 19.4 Å². The lowest BCUT2D eigenvalue weighted by atomic mass is 9.71. The molecule has 0 atom stereocenters. The Morgan fingerprint density at radius 1 is 0.900 bits per heavy atom. The van der Waals surface area contributed by atoms with Crippen LogP contribution >= 0.6 is 0 Å². The first kappa shape index (κ1) is 33.2. The summed E-state index contributed by atoms with van der Waals surface area (Å²) in [5.74, 6) is 0.726. The van der Waals surface area contributed by atoms with E-state index in [9.17, 15) is 4.79 Å². The molecular weight excluding hydrogens is 630 g/mol. The van der Waals surface area contributed by atoms with Gasteiger partial charge in [0.2, 0.25) is 0 Å². The van der Waals surface area contributed by atoms with Crippen LogP contribution < -0.4 is 26.0 Å². The van der Waals surface area contributed by atoms with Crippen LogP contribution in [0.4, 0.5) is 23.0 Å². The van der Waals surface area contributed by atoms with Gasteiger partial charge in [-0.2, -0.15) is 0 Å². The van der Waals surface area contributed by atoms with Gasteiger partial charge < -0.3 is 35.6 Å². The number of carbonyl (C=O) groups is 1. The number of piperidine rings is 2. The molecule has 4 N–H and O–H groups in total. The number of methoxy groups -OCH3 is 1. The van der Waals surface area contributed by atoms with Gasteiger partial charge in [0, 0.05) is 61.2 Å². The van der Waals surface area contributed by atoms with Gasteiger partial charge in [0.1, 0.15) is 17.1 Å². The summed E-state index contributed by atoms with van der Waals surface area (Å²) >= 11 is 0. The van der Waals surface area contributed by atoms with Gasteiger partial charge in [0.25, 0.3) is 5.91 Å². The highest BCUT2D eigenvalue weighted by molar-refractivity contribution is 5.97. The van der Waals surface area contributed by atoms with Crippen LogP contribution in [0.3, 0.4) is 0 Å². The number of amides is 1. The van der Waals surface area contributed by atoms with E-state index in [2.05, 4.69) is 49.5 Å². The summed E-state index contributed by atoms with van der Waals surface area (Å²) in [4.78, 5) is 34.8. The number of nitrogens with two attached hydrogens (primary N) is 1. The largest absolute Gasteiger partial charge is 0.494 e. The predicted octanol–water partition coefficient (Wildman–Crippen LogP) is 4.76. The lowest BCUT2D eigenvalue weighted by Crippen LogP contribution is -2.63. The number of anilines is 4. The van der Waals surface area contributed by atoms with Crippen molar-refractivity contribution in [3.8, 4) is 17.1 Å². The van der Waals surface area contributed by atoms with Crippen LogP contribution in [0.1, 0.15) is 61.9 Å². The molecule has 6 heterocycles. The third kappa shape index (κ3) is 6.60. The maximum atomic E-state index is 12.8. The number of benzene rings is 1. The van der Waals surface area contributed by atoms with Gasteiger partial charge >= 0.3 is 0 Å². The summed E-state index contributed by atoms with van der Waals surface area (Å²) in [5.41, 5.74) is 9.82. The molecule has 0 unspecified atom stereocenters. The SMILES string of the molecule is COc1cccnc1-c1nc(C(N)=O)c(Nc2ccc(N3CCC(N4CC5(CCN(C)CC5)C4)CC3)cc2)nc1NC1CCC2(CC1)COC2. The van der Waals surface area contributed by atoms with Crippen molar-refractivity contribution < 1.29 is 14.3 Å². The van der Waals surface area contributed by atoms with Crippen molar-refractivity contribution in [2.45, 2.75) is 63.5 Å². The first-order valence-corrected chi connectivity index (χ1v) is 18.4. The Balaban J connectivity index is 0.964. The van der Waals surface area contributed by atoms with E-state index in [-0.39, 0.29) is 11.7 Å². The second-order valence-electron chi connectivity index (χ2n) is 15.5. The number of aromatic nitrogens is 3. The van der Waals surface area contributed by atoms with E-state index in [4.69, 9.17) is 25.2 Å². The Morgan fingerprint density at radius 3 is 2.26 bits per heavy atom. The van der Waals surface area contributed by atoms with Gasteiger partial charge in [-0.25, -0.2) is 9.97 Å². The molecule has 4 aliphatic heterocycles. The molecule has 1 aliphatic carbocycles. The lowest BCUT2D eigenvalue weighted by molar-refractivity contribution is -0.131. The number of hydrogen-bond donors (Lipinski definition) is 3. The number of nitrogens with zero attached hydrogens (tertiary/aromatic N) is 6. The van der Waals surface area contributed by atoms with E-state index < -0.39 is 5.91 Å². The zero-order valence-electron chi connectivity index (χ0n) is 29.5. The maximum absolute atomic E-state index is 12.8. The summed E-state index contributed by atoms with van der Waals surface area (Å²) < 4.78 is 11.2. The highest BCUT2D eigenvalue weighted by Crippen LogP contribution is 2.44. The number of nitrogens with one attached hydrogen (secondary N) is 2. The molecule has 4 saturated heterocycles. The number of ether oxygens (including phenoxy) is 2. The Bertz CT molecular complexity index is 1660. The van der Waals surface area contributed by atoms with Crippen molar-refractivity contribution in [2.75, 3.05) is 82.2 Å². The number of hydrogen-bond acceptors (Lipinski definition) is 11. The first-order chi connectivity index (χ1) is 24.3. The Kier molecular flexibility index (Phi) is 9.03. The summed E-state index contributed by atoms with van der Waals surface area (Å²) in [5, 5.41) is 7.01. The monoisotopic (exact) mass is 681 g/mol. The van der Waals surface area contributed by atoms with E-state index in [0.717, 1.165) is 57.7 Å². The Morgan fingerprint density at radius 2 is 1.62 bits per heavy atom. The van der Waals surface area contributed by atoms with E-state index in [0.29, 0.717) is 45.6 Å². The minimum absolute atomic E-state index is 0.0478. The van der Waals surface area contributed by atoms with Crippen LogP contribution in [0.25, 0.3) is 11.4 Å². The molecule has 5 fully saturated rings. The molecule has 12 heteroatoms. The van der Waals surface area contributed by atoms with Crippen LogP contribution in [0.15, 0.2) is 42.6 Å². The molecule has 2 aromatic heterocycles. The van der Waals surface area contributed by atoms with E-state index in [1.807, 2.05) is 18.2 Å². The zero-order valence-corrected chi connectivity index (χ0v) is 29.5. The van der Waals surface area contributed by atoms with Gasteiger partial charge in [-0.1, -0.05) is 0 Å². The normalized spacial score (nSPS) is 22.6. The number of pyridine rings is 1. The second kappa shape index (κ2) is 13.6. The van der Waals surface area contributed by atoms with Crippen molar-refractivity contribution >= 4 is 28.9 Å². The third-order valence-electron chi connectivity index (χ3n) is 12.1. The highest BCUT2D eigenvalue weighted by Gasteiger charge is 2.47. The van der Waals surface area contributed by atoms with Crippen LogP contribution in [-0.2, 0) is 4.74 Å². The minimum atomic E-state index is -0.671. The fraction of sp³-hybridized carbons (Fsp3) is 0.579. The molecule has 1 amide bonds. The van der Waals surface area contributed by atoms with Crippen molar-refractivity contribution in [2.24, 2.45) is 16.6 Å². The van der Waals surface area contributed by atoms with Gasteiger partial charge in [-0.05, 0) is 113 Å². The van der Waals surface area contributed by atoms with Gasteiger partial charge in [-0.15, -0.1) is 0 Å². The van der Waals surface area contributed by atoms with E-state index >= 15 is 0 Å². The maximum Gasteiger partial charge on any atom is 0.271 e. The molecular formula is C38H51N9O3. The molecule has 50 heavy (non-hydrogen) atoms. The topological polar surface area (TPSA) is 134 Å². The fourth-order valence-corrected chi connectivity index (χ4v) is 8.80. The summed E-state index contributed by atoms with van der Waals surface area (Å²) in [7, 11) is 3.84. The molecule has 1 saturated carbocycles. The van der Waals surface area contributed by atoms with Crippen LogP contribution in [-0.4, -0.2) is 109 Å². The zero-order chi connectivity index (χ0) is 34.3. The van der Waals surface area contributed by atoms with Gasteiger partial charge in [0.15, 0.2) is 17.3 Å². The van der Waals surface area contributed by atoms with Crippen LogP contribution in [0, 0.1) is 10.8 Å². The molecule has 12 nitrogen and oxygen atoms in total. The van der Waals surface area contributed by atoms with Crippen molar-refractivity contribution in [3.05, 3.63) is 48.3 Å². The van der Waals surface area contributed by atoms with Crippen LogP contribution in [0.5, 0.6) is 5.75 Å². The first-order valence-electron chi connectivity index (χ1n) is 18.4. The molecule has 5 aliphatic rings. The number of primary amides is 1. The Labute approximate surface area is 295 Å². The quantitative estimate of drug-likeness (QED) is 0.289. The lowest BCUT2D eigenvalue weighted by Gasteiger charge is -2.57. The van der Waals surface area contributed by atoms with Crippen molar-refractivity contribution in [1.29, 1.82) is 0 Å². The molecule has 0 radical (unpaired) electrons. The summed E-state index contributed by atoms with van der Waals surface area (Å²) in [6, 6.07) is 12.9. The number of rotatable bonds is 9. The third-order valence-corrected chi connectivity index (χ3v) is 12.1. The standard InChI is InChI=1S/C38H51N9O3/c1-45-20-15-37(16-21-45)22-47(23-37)29-11-18-46(19-12-29)28-7-5-26(6-8-28)41-36-33(34(39)48)43-32(31-30(49-2)4-3-17-40-31)35(44-36)42-27-9-13-38(14-10-27)24-50-25-38/h3-8,17,27,29H,9-16,18-25H2,1-2H3,(H2,39,48)(H2,41,42,44). The van der Waals surface area contributed by atoms with Gasteiger partial charge in [0.05, 0.1) is 20.3 Å². The summed E-state index contributed by atoms with van der Waals surface area (Å²) in [6.07, 6.45) is 11.0. The Hall–Kier alpha value is -4.00. The van der Waals surface area contributed by atoms with Crippen LogP contribution in [0.2, 0.25) is 0 Å². The van der Waals surface area contributed by atoms with Crippen molar-refractivity contribution in [1.82, 2.24) is 24.8 Å².